The Balaban J connectivity index is 2.67. The van der Waals surface area contributed by atoms with Crippen molar-refractivity contribution in [3.63, 3.8) is 0 Å². The van der Waals surface area contributed by atoms with Crippen molar-refractivity contribution in [1.82, 2.24) is 5.32 Å². The van der Waals surface area contributed by atoms with Crippen LogP contribution in [0.1, 0.15) is 18.9 Å². The summed E-state index contributed by atoms with van der Waals surface area (Å²) < 4.78 is 36.5. The number of carboxylic acid groups (broad SMARTS) is 1. The molecule has 0 saturated heterocycles. The van der Waals surface area contributed by atoms with Crippen LogP contribution in [0.3, 0.4) is 0 Å². The molecule has 1 aromatic rings. The molecular formula is C13H16F3NO3. The Morgan fingerprint density at radius 2 is 1.80 bits per heavy atom. The molecule has 7 heteroatoms. The minimum Gasteiger partial charge on any atom is -0.508 e. The van der Waals surface area contributed by atoms with Crippen molar-refractivity contribution in [1.29, 1.82) is 0 Å². The summed E-state index contributed by atoms with van der Waals surface area (Å²) in [7, 11) is 0. The molecule has 0 aliphatic rings. The van der Waals surface area contributed by atoms with Gasteiger partial charge in [0, 0.05) is 0 Å². The maximum Gasteiger partial charge on any atom is 0.401 e. The van der Waals surface area contributed by atoms with E-state index in [4.69, 9.17) is 10.2 Å². The van der Waals surface area contributed by atoms with Crippen LogP contribution in [-0.4, -0.2) is 34.4 Å². The third kappa shape index (κ3) is 5.08. The maximum absolute atomic E-state index is 12.2. The van der Waals surface area contributed by atoms with E-state index in [0.29, 0.717) is 0 Å². The molecule has 0 bridgehead atoms. The van der Waals surface area contributed by atoms with Crippen LogP contribution in [0.15, 0.2) is 24.3 Å². The number of phenols is 1. The number of carbonyl (C=O) groups is 1. The first-order chi connectivity index (χ1) is 9.12. The lowest BCUT2D eigenvalue weighted by Gasteiger charge is -2.27. The lowest BCUT2D eigenvalue weighted by atomic mass is 9.93. The third-order valence-corrected chi connectivity index (χ3v) is 3.00. The average Bonchev–Trinajstić information content (AvgIpc) is 2.34. The van der Waals surface area contributed by atoms with Gasteiger partial charge in [-0.3, -0.25) is 10.1 Å². The highest BCUT2D eigenvalue weighted by Gasteiger charge is 2.37. The quantitative estimate of drug-likeness (QED) is 0.752. The molecule has 1 rings (SSSR count). The van der Waals surface area contributed by atoms with Crippen molar-refractivity contribution in [2.24, 2.45) is 0 Å². The second-order valence-electron chi connectivity index (χ2n) is 4.77. The number of rotatable bonds is 6. The molecule has 20 heavy (non-hydrogen) atoms. The Morgan fingerprint density at radius 3 is 2.25 bits per heavy atom. The number of nitrogens with one attached hydrogen (secondary N) is 1. The van der Waals surface area contributed by atoms with Crippen molar-refractivity contribution in [2.75, 3.05) is 6.54 Å². The number of aliphatic carboxylic acids is 1. The molecule has 0 aliphatic carbocycles. The maximum atomic E-state index is 12.2. The van der Waals surface area contributed by atoms with Gasteiger partial charge in [-0.05, 0) is 37.5 Å². The Bertz CT molecular complexity index is 459. The van der Waals surface area contributed by atoms with E-state index in [-0.39, 0.29) is 18.6 Å². The molecule has 1 atom stereocenters. The molecule has 0 amide bonds. The minimum atomic E-state index is -4.46. The van der Waals surface area contributed by atoms with Gasteiger partial charge in [0.2, 0.25) is 0 Å². The van der Waals surface area contributed by atoms with Gasteiger partial charge in [0.25, 0.3) is 0 Å². The molecule has 0 radical (unpaired) electrons. The zero-order valence-electron chi connectivity index (χ0n) is 10.9. The lowest BCUT2D eigenvalue weighted by Crippen LogP contribution is -2.52. The average molecular weight is 291 g/mol. The molecule has 0 aliphatic heterocycles. The molecular weight excluding hydrogens is 275 g/mol. The fourth-order valence-electron chi connectivity index (χ4n) is 1.62. The first-order valence-corrected chi connectivity index (χ1v) is 5.95. The van der Waals surface area contributed by atoms with E-state index in [1.807, 2.05) is 5.32 Å². The van der Waals surface area contributed by atoms with Crippen molar-refractivity contribution in [3.8, 4) is 5.75 Å². The summed E-state index contributed by atoms with van der Waals surface area (Å²) in [5, 5.41) is 20.2. The van der Waals surface area contributed by atoms with Gasteiger partial charge >= 0.3 is 12.1 Å². The number of hydrogen-bond acceptors (Lipinski definition) is 3. The first kappa shape index (κ1) is 16.3. The Labute approximate surface area is 114 Å². The Hall–Kier alpha value is -1.76. The van der Waals surface area contributed by atoms with Gasteiger partial charge in [-0.1, -0.05) is 12.1 Å². The van der Waals surface area contributed by atoms with E-state index in [9.17, 15) is 18.0 Å². The van der Waals surface area contributed by atoms with E-state index in [0.717, 1.165) is 5.56 Å². The highest BCUT2D eigenvalue weighted by Crippen LogP contribution is 2.20. The van der Waals surface area contributed by atoms with Gasteiger partial charge < -0.3 is 10.2 Å². The van der Waals surface area contributed by atoms with Gasteiger partial charge in [-0.15, -0.1) is 0 Å². The van der Waals surface area contributed by atoms with Gasteiger partial charge in [0.05, 0.1) is 6.54 Å². The standard InChI is InChI=1S/C13H16F3NO3/c1-12(11(19)20,17-8-13(14,15)16)7-6-9-2-4-10(18)5-3-9/h2-5,17-18H,6-8H2,1H3,(H,19,20). The fourth-order valence-corrected chi connectivity index (χ4v) is 1.62. The molecule has 3 N–H and O–H groups in total. The molecule has 0 aromatic heterocycles. The summed E-state index contributed by atoms with van der Waals surface area (Å²) in [5.41, 5.74) is -0.919. The van der Waals surface area contributed by atoms with Crippen LogP contribution in [0.2, 0.25) is 0 Å². The number of aryl methyl sites for hydroxylation is 1. The van der Waals surface area contributed by atoms with Crippen molar-refractivity contribution in [2.45, 2.75) is 31.5 Å². The smallest absolute Gasteiger partial charge is 0.401 e. The second-order valence-corrected chi connectivity index (χ2v) is 4.77. The first-order valence-electron chi connectivity index (χ1n) is 5.95. The normalized spacial score (nSPS) is 14.8. The van der Waals surface area contributed by atoms with Crippen LogP contribution in [0.4, 0.5) is 13.2 Å². The fraction of sp³-hybridized carbons (Fsp3) is 0.462. The molecule has 1 aromatic carbocycles. The molecule has 0 heterocycles. The number of hydrogen-bond donors (Lipinski definition) is 3. The van der Waals surface area contributed by atoms with E-state index in [1.165, 1.54) is 19.1 Å². The van der Waals surface area contributed by atoms with Gasteiger partial charge in [-0.2, -0.15) is 13.2 Å². The highest BCUT2D eigenvalue weighted by atomic mass is 19.4. The number of aromatic hydroxyl groups is 1. The third-order valence-electron chi connectivity index (χ3n) is 3.00. The van der Waals surface area contributed by atoms with Crippen LogP contribution in [0.25, 0.3) is 0 Å². The van der Waals surface area contributed by atoms with Gasteiger partial charge in [0.1, 0.15) is 11.3 Å². The van der Waals surface area contributed by atoms with Crippen LogP contribution in [0, 0.1) is 0 Å². The SMILES string of the molecule is CC(CCc1ccc(O)cc1)(NCC(F)(F)F)C(=O)O. The largest absolute Gasteiger partial charge is 0.508 e. The van der Waals surface area contributed by atoms with Crippen LogP contribution in [-0.2, 0) is 11.2 Å². The zero-order valence-corrected chi connectivity index (χ0v) is 10.9. The summed E-state index contributed by atoms with van der Waals surface area (Å²) in [6.07, 6.45) is -4.17. The molecule has 4 nitrogen and oxygen atoms in total. The summed E-state index contributed by atoms with van der Waals surface area (Å²) in [6.45, 7) is -0.132. The molecule has 0 fully saturated rings. The van der Waals surface area contributed by atoms with Crippen molar-refractivity contribution >= 4 is 5.97 Å². The van der Waals surface area contributed by atoms with Crippen molar-refractivity contribution in [3.05, 3.63) is 29.8 Å². The van der Waals surface area contributed by atoms with Crippen LogP contribution >= 0.6 is 0 Å². The van der Waals surface area contributed by atoms with Crippen molar-refractivity contribution < 1.29 is 28.2 Å². The number of benzene rings is 1. The molecule has 112 valence electrons. The van der Waals surface area contributed by atoms with Crippen LogP contribution in [0.5, 0.6) is 5.75 Å². The van der Waals surface area contributed by atoms with E-state index in [1.54, 1.807) is 12.1 Å². The molecule has 0 saturated carbocycles. The number of halogens is 3. The lowest BCUT2D eigenvalue weighted by molar-refractivity contribution is -0.149. The summed E-state index contributed by atoms with van der Waals surface area (Å²) >= 11 is 0. The summed E-state index contributed by atoms with van der Waals surface area (Å²) in [6, 6.07) is 6.08. The predicted molar refractivity (Wildman–Crippen MR) is 66.5 cm³/mol. The van der Waals surface area contributed by atoms with E-state index >= 15 is 0 Å². The highest BCUT2D eigenvalue weighted by molar-refractivity contribution is 5.78. The summed E-state index contributed by atoms with van der Waals surface area (Å²) in [5.74, 6) is -1.26. The molecule has 0 spiro atoms. The second kappa shape index (κ2) is 6.13. The Morgan fingerprint density at radius 1 is 1.25 bits per heavy atom. The number of alkyl halides is 3. The Kier molecular flexibility index (Phi) is 4.99. The predicted octanol–water partition coefficient (Wildman–Crippen LogP) is 2.32. The van der Waals surface area contributed by atoms with E-state index < -0.39 is 24.2 Å². The summed E-state index contributed by atoms with van der Waals surface area (Å²) in [4.78, 5) is 11.1. The van der Waals surface area contributed by atoms with E-state index in [2.05, 4.69) is 0 Å². The number of phenolic OH excluding ortho intramolecular Hbond substituents is 1. The minimum absolute atomic E-state index is 0.00316. The zero-order chi connectivity index (χ0) is 15.4. The van der Waals surface area contributed by atoms with Gasteiger partial charge in [-0.25, -0.2) is 0 Å². The topological polar surface area (TPSA) is 69.6 Å². The molecule has 1 unspecified atom stereocenters. The van der Waals surface area contributed by atoms with Crippen LogP contribution < -0.4 is 5.32 Å². The number of carboxylic acids is 1. The monoisotopic (exact) mass is 291 g/mol. The van der Waals surface area contributed by atoms with Gasteiger partial charge in [0.15, 0.2) is 0 Å².